The van der Waals surface area contributed by atoms with Crippen LogP contribution in [0, 0.1) is 0 Å². The van der Waals surface area contributed by atoms with E-state index in [1.807, 2.05) is 54.6 Å². The Morgan fingerprint density at radius 2 is 1.25 bits per heavy atom. The number of hydrogen-bond donors (Lipinski definition) is 0. The Bertz CT molecular complexity index is 1020. The molecule has 166 valence electrons. The maximum atomic E-state index is 13.6. The summed E-state index contributed by atoms with van der Waals surface area (Å²) in [6.07, 6.45) is 3.71. The number of nitrogens with zero attached hydrogens (tertiary/aromatic N) is 4. The van der Waals surface area contributed by atoms with Gasteiger partial charge in [0.25, 0.3) is 11.8 Å². The molecule has 0 aromatic heterocycles. The Balaban J connectivity index is 1.47. The van der Waals surface area contributed by atoms with Gasteiger partial charge in [0.15, 0.2) is 0 Å². The van der Waals surface area contributed by atoms with Crippen LogP contribution in [0.25, 0.3) is 5.57 Å². The monoisotopic (exact) mass is 430 g/mol. The Kier molecular flexibility index (Phi) is 5.70. The van der Waals surface area contributed by atoms with Crippen molar-refractivity contribution in [3.8, 4) is 0 Å². The number of hydrogen-bond acceptors (Lipinski definition) is 5. The van der Waals surface area contributed by atoms with E-state index in [0.29, 0.717) is 17.0 Å². The lowest BCUT2D eigenvalue weighted by Crippen LogP contribution is -2.46. The van der Waals surface area contributed by atoms with Crippen LogP contribution in [-0.2, 0) is 9.59 Å². The fourth-order valence-electron chi connectivity index (χ4n) is 4.91. The topological polar surface area (TPSA) is 47.1 Å². The van der Waals surface area contributed by atoms with E-state index in [-0.39, 0.29) is 11.8 Å². The smallest absolute Gasteiger partial charge is 0.282 e. The first kappa shape index (κ1) is 20.8. The van der Waals surface area contributed by atoms with E-state index in [9.17, 15) is 9.59 Å². The number of piperazine rings is 1. The summed E-state index contributed by atoms with van der Waals surface area (Å²) in [6.45, 7) is 5.35. The summed E-state index contributed by atoms with van der Waals surface area (Å²) in [7, 11) is 2.08. The molecule has 0 spiro atoms. The second-order valence-corrected chi connectivity index (χ2v) is 8.89. The van der Waals surface area contributed by atoms with Crippen molar-refractivity contribution in [3.05, 3.63) is 65.9 Å². The van der Waals surface area contributed by atoms with E-state index in [1.165, 1.54) is 24.2 Å². The number of imide groups is 1. The van der Waals surface area contributed by atoms with Gasteiger partial charge in [0.2, 0.25) is 0 Å². The molecule has 0 aliphatic carbocycles. The summed E-state index contributed by atoms with van der Waals surface area (Å²) in [4.78, 5) is 35.3. The van der Waals surface area contributed by atoms with E-state index in [2.05, 4.69) is 21.7 Å². The second kappa shape index (κ2) is 8.79. The van der Waals surface area contributed by atoms with Gasteiger partial charge in [-0.3, -0.25) is 9.59 Å². The van der Waals surface area contributed by atoms with Crippen LogP contribution in [0.1, 0.15) is 24.8 Å². The van der Waals surface area contributed by atoms with E-state index in [0.717, 1.165) is 50.5 Å². The van der Waals surface area contributed by atoms with Crippen LogP contribution in [-0.4, -0.2) is 67.9 Å². The van der Waals surface area contributed by atoms with Gasteiger partial charge in [0, 0.05) is 45.0 Å². The molecule has 0 atom stereocenters. The molecule has 2 aromatic rings. The average Bonchev–Trinajstić information content (AvgIpc) is 3.11. The van der Waals surface area contributed by atoms with Crippen molar-refractivity contribution in [1.29, 1.82) is 0 Å². The summed E-state index contributed by atoms with van der Waals surface area (Å²) >= 11 is 0. The van der Waals surface area contributed by atoms with Gasteiger partial charge >= 0.3 is 0 Å². The molecule has 2 aromatic carbocycles. The molecule has 0 N–H and O–H groups in total. The molecule has 0 unspecified atom stereocenters. The standard InChI is InChI=1S/C26H30N4O2/c1-27-16-18-29(19-17-27)24-23(20-8-4-2-5-9-20)25(31)30(26(24)32)22-12-10-21(11-13-22)28-14-6-3-7-15-28/h2,4-5,8-13H,3,6-7,14-19H2,1H3. The molecule has 0 bridgehead atoms. The summed E-state index contributed by atoms with van der Waals surface area (Å²) < 4.78 is 0. The first-order chi connectivity index (χ1) is 15.6. The molecule has 0 saturated carbocycles. The fourth-order valence-corrected chi connectivity index (χ4v) is 4.91. The molecule has 2 amide bonds. The molecule has 2 saturated heterocycles. The minimum atomic E-state index is -0.235. The van der Waals surface area contributed by atoms with Crippen LogP contribution < -0.4 is 9.80 Å². The lowest BCUT2D eigenvalue weighted by atomic mass is 10.0. The van der Waals surface area contributed by atoms with Crippen LogP contribution in [0.3, 0.4) is 0 Å². The van der Waals surface area contributed by atoms with Crippen molar-refractivity contribution >= 4 is 28.8 Å². The molecule has 3 heterocycles. The zero-order chi connectivity index (χ0) is 22.1. The van der Waals surface area contributed by atoms with Crippen molar-refractivity contribution in [3.63, 3.8) is 0 Å². The Morgan fingerprint density at radius 3 is 1.91 bits per heavy atom. The Labute approximate surface area is 189 Å². The zero-order valence-electron chi connectivity index (χ0n) is 18.7. The summed E-state index contributed by atoms with van der Waals surface area (Å²) in [6, 6.07) is 17.5. The van der Waals surface area contributed by atoms with Crippen molar-refractivity contribution in [2.75, 3.05) is 56.1 Å². The molecular weight excluding hydrogens is 400 g/mol. The third-order valence-electron chi connectivity index (χ3n) is 6.77. The van der Waals surface area contributed by atoms with Crippen molar-refractivity contribution in [1.82, 2.24) is 9.80 Å². The van der Waals surface area contributed by atoms with E-state index in [1.54, 1.807) is 0 Å². The molecule has 3 aliphatic heterocycles. The van der Waals surface area contributed by atoms with E-state index in [4.69, 9.17) is 0 Å². The average molecular weight is 431 g/mol. The fraction of sp³-hybridized carbons (Fsp3) is 0.385. The number of anilines is 2. The normalized spacial score (nSPS) is 20.5. The number of amides is 2. The van der Waals surface area contributed by atoms with Gasteiger partial charge < -0.3 is 14.7 Å². The highest BCUT2D eigenvalue weighted by molar-refractivity contribution is 6.45. The minimum Gasteiger partial charge on any atom is -0.372 e. The maximum Gasteiger partial charge on any atom is 0.282 e. The van der Waals surface area contributed by atoms with Crippen LogP contribution in [0.2, 0.25) is 0 Å². The first-order valence-electron chi connectivity index (χ1n) is 11.6. The second-order valence-electron chi connectivity index (χ2n) is 8.89. The number of carbonyl (C=O) groups is 2. The highest BCUT2D eigenvalue weighted by Crippen LogP contribution is 2.35. The van der Waals surface area contributed by atoms with Gasteiger partial charge in [0.05, 0.1) is 11.3 Å². The lowest BCUT2D eigenvalue weighted by molar-refractivity contribution is -0.120. The molecule has 6 heteroatoms. The highest BCUT2D eigenvalue weighted by atomic mass is 16.2. The van der Waals surface area contributed by atoms with Gasteiger partial charge in [-0.05, 0) is 56.1 Å². The van der Waals surface area contributed by atoms with Gasteiger partial charge in [-0.2, -0.15) is 0 Å². The molecule has 0 radical (unpaired) electrons. The summed E-state index contributed by atoms with van der Waals surface area (Å²) in [5.41, 5.74) is 3.64. The number of piperidine rings is 1. The lowest BCUT2D eigenvalue weighted by Gasteiger charge is -2.34. The quantitative estimate of drug-likeness (QED) is 0.697. The number of rotatable bonds is 4. The zero-order valence-corrected chi connectivity index (χ0v) is 18.7. The van der Waals surface area contributed by atoms with Crippen molar-refractivity contribution in [2.24, 2.45) is 0 Å². The molecule has 6 nitrogen and oxygen atoms in total. The predicted octanol–water partition coefficient (Wildman–Crippen LogP) is 3.21. The highest BCUT2D eigenvalue weighted by Gasteiger charge is 2.42. The Hall–Kier alpha value is -3.12. The number of likely N-dealkylation sites (N-methyl/N-ethyl adjacent to an activating group) is 1. The van der Waals surface area contributed by atoms with Gasteiger partial charge in [-0.25, -0.2) is 4.90 Å². The summed E-state index contributed by atoms with van der Waals surface area (Å²) in [5, 5.41) is 0. The van der Waals surface area contributed by atoms with Crippen LogP contribution in [0.5, 0.6) is 0 Å². The number of benzene rings is 2. The minimum absolute atomic E-state index is 0.218. The van der Waals surface area contributed by atoms with E-state index < -0.39 is 0 Å². The SMILES string of the molecule is CN1CCN(C2=C(c3ccccc3)C(=O)N(c3ccc(N4CCCCC4)cc3)C2=O)CC1. The summed E-state index contributed by atoms with van der Waals surface area (Å²) in [5.74, 6) is -0.454. The maximum absolute atomic E-state index is 13.6. The third kappa shape index (κ3) is 3.79. The van der Waals surface area contributed by atoms with Gasteiger partial charge in [-0.1, -0.05) is 30.3 Å². The predicted molar refractivity (Wildman–Crippen MR) is 127 cm³/mol. The third-order valence-corrected chi connectivity index (χ3v) is 6.77. The molecular formula is C26H30N4O2. The van der Waals surface area contributed by atoms with Crippen LogP contribution >= 0.6 is 0 Å². The Morgan fingerprint density at radius 1 is 0.625 bits per heavy atom. The molecule has 2 fully saturated rings. The van der Waals surface area contributed by atoms with Gasteiger partial charge in [0.1, 0.15) is 5.70 Å². The molecule has 5 rings (SSSR count). The first-order valence-corrected chi connectivity index (χ1v) is 11.6. The van der Waals surface area contributed by atoms with Crippen LogP contribution in [0.15, 0.2) is 60.3 Å². The van der Waals surface area contributed by atoms with Crippen molar-refractivity contribution < 1.29 is 9.59 Å². The van der Waals surface area contributed by atoms with Crippen molar-refractivity contribution in [2.45, 2.75) is 19.3 Å². The van der Waals surface area contributed by atoms with Gasteiger partial charge in [-0.15, -0.1) is 0 Å². The van der Waals surface area contributed by atoms with E-state index >= 15 is 0 Å². The largest absolute Gasteiger partial charge is 0.372 e. The molecule has 3 aliphatic rings. The van der Waals surface area contributed by atoms with Crippen LogP contribution in [0.4, 0.5) is 11.4 Å². The molecule has 32 heavy (non-hydrogen) atoms. The number of carbonyl (C=O) groups excluding carboxylic acids is 2.